The van der Waals surface area contributed by atoms with Crippen molar-refractivity contribution in [1.82, 2.24) is 5.32 Å². The van der Waals surface area contributed by atoms with Gasteiger partial charge in [-0.1, -0.05) is 0 Å². The van der Waals surface area contributed by atoms with Crippen LogP contribution < -0.4 is 11.1 Å². The van der Waals surface area contributed by atoms with E-state index in [9.17, 15) is 9.59 Å². The van der Waals surface area contributed by atoms with Crippen LogP contribution in [0.5, 0.6) is 0 Å². The van der Waals surface area contributed by atoms with E-state index < -0.39 is 17.2 Å². The smallest absolute Gasteiger partial charge is 0.296 e. The van der Waals surface area contributed by atoms with E-state index in [0.717, 1.165) is 0 Å². The summed E-state index contributed by atoms with van der Waals surface area (Å²) in [7, 11) is 0. The van der Waals surface area contributed by atoms with Crippen molar-refractivity contribution >= 4 is 27.7 Å². The van der Waals surface area contributed by atoms with Crippen LogP contribution in [0.1, 0.15) is 13.8 Å². The molecule has 0 bridgehead atoms. The number of carbonyl (C=O) groups excluding carboxylic acids is 2. The molecule has 3 N–H and O–H groups in total. The minimum atomic E-state index is -0.746. The average Bonchev–Trinajstić information content (AvgIpc) is 2.01. The van der Waals surface area contributed by atoms with Crippen molar-refractivity contribution in [3.63, 3.8) is 0 Å². The first-order valence-electron chi connectivity index (χ1n) is 3.59. The SMILES string of the molecule is CC(C)(CNC(=O)C#CBr)C(N)=O. The Morgan fingerprint density at radius 1 is 1.54 bits per heavy atom. The fraction of sp³-hybridized carbons (Fsp3) is 0.500. The third-order valence-electron chi connectivity index (χ3n) is 1.52. The molecule has 0 saturated carbocycles. The number of hydrogen-bond donors (Lipinski definition) is 2. The minimum Gasteiger partial charge on any atom is -0.369 e. The maximum absolute atomic E-state index is 10.8. The molecule has 0 heterocycles. The van der Waals surface area contributed by atoms with E-state index in [2.05, 4.69) is 32.0 Å². The average molecular weight is 247 g/mol. The van der Waals surface area contributed by atoms with Crippen LogP contribution in [0.4, 0.5) is 0 Å². The van der Waals surface area contributed by atoms with Crippen molar-refractivity contribution in [2.45, 2.75) is 13.8 Å². The molecule has 13 heavy (non-hydrogen) atoms. The Bertz CT molecular complexity index is 276. The predicted molar refractivity (Wildman–Crippen MR) is 52.7 cm³/mol. The van der Waals surface area contributed by atoms with Gasteiger partial charge >= 0.3 is 0 Å². The van der Waals surface area contributed by atoms with Gasteiger partial charge in [0.15, 0.2) is 0 Å². The van der Waals surface area contributed by atoms with Crippen LogP contribution in [0.15, 0.2) is 0 Å². The van der Waals surface area contributed by atoms with E-state index >= 15 is 0 Å². The summed E-state index contributed by atoms with van der Waals surface area (Å²) in [5, 5.41) is 2.46. The van der Waals surface area contributed by atoms with Gasteiger partial charge < -0.3 is 11.1 Å². The molecule has 4 nitrogen and oxygen atoms in total. The molecule has 0 aliphatic heterocycles. The van der Waals surface area contributed by atoms with E-state index in [4.69, 9.17) is 5.73 Å². The summed E-state index contributed by atoms with van der Waals surface area (Å²) in [6.45, 7) is 3.48. The van der Waals surface area contributed by atoms with E-state index in [1.165, 1.54) is 0 Å². The molecule has 0 aliphatic rings. The summed E-state index contributed by atoms with van der Waals surface area (Å²) >= 11 is 2.79. The lowest BCUT2D eigenvalue weighted by Gasteiger charge is -2.19. The summed E-state index contributed by atoms with van der Waals surface area (Å²) in [5.41, 5.74) is 4.35. The van der Waals surface area contributed by atoms with Gasteiger partial charge in [0.05, 0.1) is 5.41 Å². The number of rotatable bonds is 3. The zero-order valence-corrected chi connectivity index (χ0v) is 9.06. The molecular formula is C8H11BrN2O2. The molecular weight excluding hydrogens is 236 g/mol. The molecule has 0 aliphatic carbocycles. The maximum Gasteiger partial charge on any atom is 0.296 e. The van der Waals surface area contributed by atoms with Crippen LogP contribution in [0.3, 0.4) is 0 Å². The van der Waals surface area contributed by atoms with Crippen molar-refractivity contribution in [2.75, 3.05) is 6.54 Å². The fourth-order valence-electron chi connectivity index (χ4n) is 0.475. The summed E-state index contributed by atoms with van der Waals surface area (Å²) in [5.74, 6) is 1.32. The lowest BCUT2D eigenvalue weighted by atomic mass is 9.93. The molecule has 5 heteroatoms. The highest BCUT2D eigenvalue weighted by Gasteiger charge is 2.24. The Labute approximate surface area is 85.4 Å². The van der Waals surface area contributed by atoms with Crippen molar-refractivity contribution in [1.29, 1.82) is 0 Å². The van der Waals surface area contributed by atoms with Crippen LogP contribution in [0, 0.1) is 16.2 Å². The van der Waals surface area contributed by atoms with E-state index in [0.29, 0.717) is 0 Å². The molecule has 0 spiro atoms. The number of primary amides is 1. The lowest BCUT2D eigenvalue weighted by Crippen LogP contribution is -2.42. The molecule has 0 rings (SSSR count). The topological polar surface area (TPSA) is 72.2 Å². The van der Waals surface area contributed by atoms with Crippen LogP contribution >= 0.6 is 15.9 Å². The predicted octanol–water partition coefficient (Wildman–Crippen LogP) is -0.0301. The Hall–Kier alpha value is -1.02. The highest BCUT2D eigenvalue weighted by atomic mass is 79.9. The van der Waals surface area contributed by atoms with Crippen LogP contribution in [0.2, 0.25) is 0 Å². The van der Waals surface area contributed by atoms with Gasteiger partial charge in [0, 0.05) is 28.4 Å². The molecule has 0 fully saturated rings. The van der Waals surface area contributed by atoms with Crippen molar-refractivity contribution < 1.29 is 9.59 Å². The largest absolute Gasteiger partial charge is 0.369 e. The maximum atomic E-state index is 10.8. The standard InChI is InChI=1S/C8H11BrN2O2/c1-8(2,7(10)13)5-11-6(12)3-4-9/h5H2,1-2H3,(H2,10,13)(H,11,12). The number of nitrogens with one attached hydrogen (secondary N) is 1. The van der Waals surface area contributed by atoms with Gasteiger partial charge in [0.2, 0.25) is 5.91 Å². The first-order chi connectivity index (χ1) is 5.90. The second-order valence-electron chi connectivity index (χ2n) is 3.15. The zero-order chi connectivity index (χ0) is 10.5. The molecule has 0 saturated heterocycles. The summed E-state index contributed by atoms with van der Waals surface area (Å²) in [6, 6.07) is 0. The zero-order valence-electron chi connectivity index (χ0n) is 7.48. The second-order valence-corrected chi connectivity index (χ2v) is 3.55. The van der Waals surface area contributed by atoms with Gasteiger partial charge in [-0.15, -0.1) is 0 Å². The lowest BCUT2D eigenvalue weighted by molar-refractivity contribution is -0.126. The van der Waals surface area contributed by atoms with Crippen molar-refractivity contribution in [3.8, 4) is 10.8 Å². The molecule has 0 unspecified atom stereocenters. The minimum absolute atomic E-state index is 0.183. The third-order valence-corrected chi connectivity index (χ3v) is 1.72. The second kappa shape index (κ2) is 4.87. The van der Waals surface area contributed by atoms with Crippen LogP contribution in [0.25, 0.3) is 0 Å². The molecule has 0 aromatic rings. The van der Waals surface area contributed by atoms with Crippen molar-refractivity contribution in [3.05, 3.63) is 0 Å². The van der Waals surface area contributed by atoms with Gasteiger partial charge in [-0.05, 0) is 18.7 Å². The first kappa shape index (κ1) is 12.0. The molecule has 0 radical (unpaired) electrons. The molecule has 0 aromatic heterocycles. The van der Waals surface area contributed by atoms with E-state index in [-0.39, 0.29) is 6.54 Å². The Kier molecular flexibility index (Phi) is 4.49. The number of nitrogens with two attached hydrogens (primary N) is 1. The van der Waals surface area contributed by atoms with Gasteiger partial charge in [-0.25, -0.2) is 0 Å². The summed E-state index contributed by atoms with van der Waals surface area (Å²) < 4.78 is 0. The van der Waals surface area contributed by atoms with Crippen molar-refractivity contribution in [2.24, 2.45) is 11.1 Å². The normalized spacial score (nSPS) is 9.77. The third kappa shape index (κ3) is 4.53. The number of carbonyl (C=O) groups is 2. The highest BCUT2D eigenvalue weighted by molar-refractivity contribution is 9.12. The molecule has 72 valence electrons. The van der Waals surface area contributed by atoms with Gasteiger partial charge in [-0.3, -0.25) is 9.59 Å². The summed E-state index contributed by atoms with van der Waals surface area (Å²) in [4.78, 5) is 23.9. The van der Waals surface area contributed by atoms with Crippen LogP contribution in [-0.4, -0.2) is 18.4 Å². The van der Waals surface area contributed by atoms with Crippen LogP contribution in [-0.2, 0) is 9.59 Å². The Morgan fingerprint density at radius 2 is 2.08 bits per heavy atom. The Balaban J connectivity index is 4.07. The fourth-order valence-corrected chi connectivity index (χ4v) is 0.656. The molecule has 0 atom stereocenters. The number of halogens is 1. The highest BCUT2D eigenvalue weighted by Crippen LogP contribution is 2.11. The Morgan fingerprint density at radius 3 is 2.46 bits per heavy atom. The summed E-state index contributed by atoms with van der Waals surface area (Å²) in [6.07, 6.45) is 0. The van der Waals surface area contributed by atoms with Gasteiger partial charge in [0.1, 0.15) is 0 Å². The quantitative estimate of drug-likeness (QED) is 0.687. The molecule has 2 amide bonds. The van der Waals surface area contributed by atoms with E-state index in [1.807, 2.05) is 0 Å². The van der Waals surface area contributed by atoms with Gasteiger partial charge in [-0.2, -0.15) is 0 Å². The first-order valence-corrected chi connectivity index (χ1v) is 4.39. The van der Waals surface area contributed by atoms with E-state index in [1.54, 1.807) is 13.8 Å². The monoisotopic (exact) mass is 246 g/mol. The number of amides is 2. The number of hydrogen-bond acceptors (Lipinski definition) is 2. The van der Waals surface area contributed by atoms with Gasteiger partial charge in [0.25, 0.3) is 5.91 Å². The molecule has 0 aromatic carbocycles.